The Labute approximate surface area is 284 Å². The van der Waals surface area contributed by atoms with Crippen molar-refractivity contribution < 1.29 is 46.1 Å². The van der Waals surface area contributed by atoms with Crippen LogP contribution in [0.3, 0.4) is 0 Å². The van der Waals surface area contributed by atoms with E-state index in [4.69, 9.17) is 0 Å². The quantitative estimate of drug-likeness (QED) is 0.251. The van der Waals surface area contributed by atoms with Gasteiger partial charge in [0, 0.05) is 0 Å². The number of hydrogen-bond donors (Lipinski definition) is 0. The van der Waals surface area contributed by atoms with Crippen molar-refractivity contribution in [3.8, 4) is 11.1 Å². The smallest absolute Gasteiger partial charge is 1.00 e. The first-order valence-corrected chi connectivity index (χ1v) is 19.6. The Bertz CT molecular complexity index is 1610. The second-order valence-electron chi connectivity index (χ2n) is 11.1. The van der Waals surface area contributed by atoms with Gasteiger partial charge in [0.05, 0.1) is 0 Å². The van der Waals surface area contributed by atoms with Crippen molar-refractivity contribution in [1.82, 2.24) is 0 Å². The summed E-state index contributed by atoms with van der Waals surface area (Å²) in [6.07, 6.45) is 8.23. The molecule has 0 saturated heterocycles. The molecule has 0 aromatic heterocycles. The molecular formula is C39H42Cl2N2Zr. The van der Waals surface area contributed by atoms with Gasteiger partial charge in [-0.3, -0.25) is 0 Å². The summed E-state index contributed by atoms with van der Waals surface area (Å²) in [6.45, 7) is 13.2. The van der Waals surface area contributed by atoms with Gasteiger partial charge in [-0.05, 0) is 0 Å². The number of anilines is 2. The van der Waals surface area contributed by atoms with Crippen molar-refractivity contribution in [2.45, 2.75) is 37.7 Å². The molecule has 0 spiro atoms. The maximum Gasteiger partial charge on any atom is -1.00 e. The standard InChI is InChI=1S/C21H27N2.C13H10.C5H5.2ClH.Zr/c1-5-22(6-2)18-12-13-19-17(15-18)14-16-10-9-11-20(21(16)19)23(7-3)8-4;1-3-7-12(8-4-1)11-13-9-5-2-6-10-13;1-2-4-5-3-1;;;/h9-15H,5-8H2,1-4H3;1-10H;1-3H,4H2;2*1H;/q;;;;;+2/p-2. The topological polar surface area (TPSA) is 6.48 Å². The Hall–Kier alpha value is -2.71. The van der Waals surface area contributed by atoms with Crippen LogP contribution < -0.4 is 34.6 Å². The Kier molecular flexibility index (Phi) is 12.1. The Balaban J connectivity index is 0.00000221. The van der Waals surface area contributed by atoms with Crippen LogP contribution in [0.4, 0.5) is 11.4 Å². The summed E-state index contributed by atoms with van der Waals surface area (Å²) in [5.74, 6) is 0. The summed E-state index contributed by atoms with van der Waals surface area (Å²) in [5, 5.41) is 0. The van der Waals surface area contributed by atoms with Crippen molar-refractivity contribution in [3.63, 3.8) is 0 Å². The maximum absolute atomic E-state index is 2.69. The number of nitrogens with zero attached hydrogens (tertiary/aromatic N) is 2. The zero-order valence-electron chi connectivity index (χ0n) is 26.2. The van der Waals surface area contributed by atoms with E-state index in [9.17, 15) is 0 Å². The van der Waals surface area contributed by atoms with Crippen molar-refractivity contribution in [2.24, 2.45) is 0 Å². The van der Waals surface area contributed by atoms with Crippen LogP contribution in [0.1, 0.15) is 60.0 Å². The van der Waals surface area contributed by atoms with Gasteiger partial charge in [-0.15, -0.1) is 0 Å². The third kappa shape index (κ3) is 6.35. The van der Waals surface area contributed by atoms with Crippen LogP contribution in [0.5, 0.6) is 0 Å². The third-order valence-electron chi connectivity index (χ3n) is 9.03. The van der Waals surface area contributed by atoms with E-state index in [1.165, 1.54) is 39.2 Å². The molecule has 2 aliphatic rings. The summed E-state index contributed by atoms with van der Waals surface area (Å²) in [7, 11) is 0. The Morgan fingerprint density at radius 1 is 0.682 bits per heavy atom. The molecule has 6 rings (SSSR count). The summed E-state index contributed by atoms with van der Waals surface area (Å²) in [4.78, 5) is 5.05. The third-order valence-corrected chi connectivity index (χ3v) is 17.3. The molecule has 0 N–H and O–H groups in total. The van der Waals surface area contributed by atoms with Gasteiger partial charge in [-0.25, -0.2) is 0 Å². The van der Waals surface area contributed by atoms with E-state index in [2.05, 4.69) is 153 Å². The van der Waals surface area contributed by atoms with Gasteiger partial charge in [-0.2, -0.15) is 0 Å². The fraction of sp³-hybridized carbons (Fsp3) is 0.256. The SMILES string of the molecule is CCN(CC)c1ccc2c(c1)[CH]([Zr+2]([C]1=CC=CC1)=[C](c1ccccc1)c1ccccc1)c1cccc(N(CC)CC)c1-2.[Cl-].[Cl-]. The zero-order valence-corrected chi connectivity index (χ0v) is 30.2. The summed E-state index contributed by atoms with van der Waals surface area (Å²) in [5.41, 5.74) is 11.5. The van der Waals surface area contributed by atoms with Gasteiger partial charge in [-0.1, -0.05) is 0 Å². The molecule has 0 heterocycles. The van der Waals surface area contributed by atoms with Gasteiger partial charge in [0.15, 0.2) is 0 Å². The Morgan fingerprint density at radius 3 is 1.84 bits per heavy atom. The van der Waals surface area contributed by atoms with Crippen LogP contribution in [-0.2, 0) is 21.3 Å². The largest absolute Gasteiger partial charge is 1.00 e. The van der Waals surface area contributed by atoms with E-state index >= 15 is 0 Å². The van der Waals surface area contributed by atoms with Crippen LogP contribution in [0.2, 0.25) is 0 Å². The normalized spacial score (nSPS) is 13.9. The molecule has 0 fully saturated rings. The maximum atomic E-state index is 2.57. The minimum absolute atomic E-state index is 0. The molecule has 2 aliphatic carbocycles. The first-order valence-electron chi connectivity index (χ1n) is 15.7. The average Bonchev–Trinajstić information content (AvgIpc) is 3.69. The van der Waals surface area contributed by atoms with Crippen LogP contribution in [0.15, 0.2) is 119 Å². The molecule has 1 atom stereocenters. The Morgan fingerprint density at radius 2 is 1.30 bits per heavy atom. The molecule has 4 aromatic rings. The fourth-order valence-electron chi connectivity index (χ4n) is 7.02. The molecule has 0 bridgehead atoms. The second-order valence-corrected chi connectivity index (χ2v) is 17.4. The van der Waals surface area contributed by atoms with E-state index in [0.29, 0.717) is 3.63 Å². The molecule has 2 nitrogen and oxygen atoms in total. The van der Waals surface area contributed by atoms with Crippen molar-refractivity contribution in [2.75, 3.05) is 36.0 Å². The minimum atomic E-state index is -2.69. The first kappa shape index (κ1) is 34.2. The van der Waals surface area contributed by atoms with Crippen LogP contribution >= 0.6 is 0 Å². The minimum Gasteiger partial charge on any atom is -1.00 e. The number of hydrogen-bond acceptors (Lipinski definition) is 2. The molecule has 0 radical (unpaired) electrons. The molecule has 226 valence electrons. The zero-order chi connectivity index (χ0) is 29.1. The molecule has 1 unspecified atom stereocenters. The number of allylic oxidation sites excluding steroid dienone is 4. The van der Waals surface area contributed by atoms with Gasteiger partial charge in [0.1, 0.15) is 0 Å². The first-order chi connectivity index (χ1) is 20.7. The molecular weight excluding hydrogens is 659 g/mol. The second kappa shape index (κ2) is 15.5. The van der Waals surface area contributed by atoms with Gasteiger partial charge in [0.2, 0.25) is 0 Å². The van der Waals surface area contributed by atoms with Crippen LogP contribution in [0, 0.1) is 0 Å². The van der Waals surface area contributed by atoms with E-state index in [-0.39, 0.29) is 24.8 Å². The van der Waals surface area contributed by atoms with Crippen LogP contribution in [-0.4, -0.2) is 29.4 Å². The molecule has 0 aliphatic heterocycles. The fourth-order valence-corrected chi connectivity index (χ4v) is 16.0. The number of benzene rings is 4. The van der Waals surface area contributed by atoms with Gasteiger partial charge in [0.25, 0.3) is 0 Å². The van der Waals surface area contributed by atoms with Gasteiger partial charge < -0.3 is 24.8 Å². The molecule has 44 heavy (non-hydrogen) atoms. The number of fused-ring (bicyclic) bond motifs is 3. The molecule has 0 saturated carbocycles. The monoisotopic (exact) mass is 698 g/mol. The summed E-state index contributed by atoms with van der Waals surface area (Å²) in [6, 6.07) is 37.1. The molecule has 5 heteroatoms. The summed E-state index contributed by atoms with van der Waals surface area (Å²) < 4.78 is 3.70. The molecule has 4 aromatic carbocycles. The van der Waals surface area contributed by atoms with Gasteiger partial charge >= 0.3 is 262 Å². The van der Waals surface area contributed by atoms with Crippen LogP contribution in [0.25, 0.3) is 11.1 Å². The van der Waals surface area contributed by atoms with Crippen molar-refractivity contribution in [1.29, 1.82) is 0 Å². The van der Waals surface area contributed by atoms with Crippen molar-refractivity contribution >= 4 is 14.6 Å². The molecule has 0 amide bonds. The van der Waals surface area contributed by atoms with E-state index in [0.717, 1.165) is 32.6 Å². The van der Waals surface area contributed by atoms with E-state index in [1.54, 1.807) is 12.1 Å². The van der Waals surface area contributed by atoms with E-state index in [1.807, 2.05) is 0 Å². The predicted octanol–water partition coefficient (Wildman–Crippen LogP) is 3.19. The summed E-state index contributed by atoms with van der Waals surface area (Å²) >= 11 is -2.69. The van der Waals surface area contributed by atoms with E-state index < -0.39 is 21.3 Å². The number of rotatable bonds is 10. The predicted molar refractivity (Wildman–Crippen MR) is 179 cm³/mol. The number of halogens is 2. The van der Waals surface area contributed by atoms with Crippen molar-refractivity contribution in [3.05, 3.63) is 141 Å². The average molecular weight is 701 g/mol.